The standard InChI is InChI=1S/C24H21F2N3O2/c1-12-5-14(10-27-9-12)18-7-16-6-15(18)11-29(16)21(30)8-17-13(2)22-20(28-24(17)31)4-3-19(25)23(22)26/h3-5,7,9-10,15-16H,6,8,11H2,1-2H3,(H,28,31)/t15?,16-/m1/s1. The van der Waals surface area contributed by atoms with Crippen molar-refractivity contribution in [2.24, 2.45) is 5.92 Å². The zero-order valence-electron chi connectivity index (χ0n) is 17.2. The molecule has 1 fully saturated rings. The number of hydrogen-bond acceptors (Lipinski definition) is 3. The van der Waals surface area contributed by atoms with Gasteiger partial charge in [0.15, 0.2) is 11.6 Å². The first-order valence-corrected chi connectivity index (χ1v) is 10.3. The molecule has 2 aromatic heterocycles. The van der Waals surface area contributed by atoms with Crippen LogP contribution in [0.2, 0.25) is 0 Å². The molecule has 31 heavy (non-hydrogen) atoms. The number of rotatable bonds is 3. The maximum Gasteiger partial charge on any atom is 0.252 e. The molecule has 0 radical (unpaired) electrons. The summed E-state index contributed by atoms with van der Waals surface area (Å²) in [6.45, 7) is 4.14. The summed E-state index contributed by atoms with van der Waals surface area (Å²) in [5.74, 6) is -1.95. The fourth-order valence-corrected chi connectivity index (χ4v) is 4.93. The molecule has 2 aliphatic rings. The summed E-state index contributed by atoms with van der Waals surface area (Å²) in [5, 5.41) is 0.0134. The molecule has 2 bridgehead atoms. The van der Waals surface area contributed by atoms with Crippen molar-refractivity contribution in [3.05, 3.63) is 80.9 Å². The second-order valence-electron chi connectivity index (χ2n) is 8.44. The SMILES string of the molecule is Cc1cncc(C2=C[C@H]3CC2CN3C(=O)Cc2c(C)c3c(F)c(F)ccc3[nH]c2=O)c1. The van der Waals surface area contributed by atoms with Crippen molar-refractivity contribution in [3.8, 4) is 0 Å². The van der Waals surface area contributed by atoms with Gasteiger partial charge in [0.25, 0.3) is 5.56 Å². The number of fused-ring (bicyclic) bond motifs is 3. The molecule has 1 aliphatic heterocycles. The molecule has 1 unspecified atom stereocenters. The summed E-state index contributed by atoms with van der Waals surface area (Å²) < 4.78 is 28.1. The van der Waals surface area contributed by atoms with Gasteiger partial charge in [0, 0.05) is 35.8 Å². The predicted octanol–water partition coefficient (Wildman–Crippen LogP) is 3.67. The lowest BCUT2D eigenvalue weighted by Crippen LogP contribution is -2.38. The number of hydrogen-bond donors (Lipinski definition) is 1. The third-order valence-electron chi connectivity index (χ3n) is 6.46. The van der Waals surface area contributed by atoms with E-state index < -0.39 is 17.2 Å². The average molecular weight is 421 g/mol. The van der Waals surface area contributed by atoms with Crippen LogP contribution in [0.5, 0.6) is 0 Å². The van der Waals surface area contributed by atoms with Gasteiger partial charge in [-0.25, -0.2) is 8.78 Å². The van der Waals surface area contributed by atoms with E-state index in [9.17, 15) is 18.4 Å². The van der Waals surface area contributed by atoms with Gasteiger partial charge in [-0.2, -0.15) is 0 Å². The van der Waals surface area contributed by atoms with Crippen LogP contribution in [0.3, 0.4) is 0 Å². The first kappa shape index (κ1) is 19.6. The Balaban J connectivity index is 1.43. The van der Waals surface area contributed by atoms with E-state index in [-0.39, 0.29) is 40.8 Å². The fraction of sp³-hybridized carbons (Fsp3) is 0.292. The largest absolute Gasteiger partial charge is 0.335 e. The van der Waals surface area contributed by atoms with Crippen molar-refractivity contribution in [3.63, 3.8) is 0 Å². The van der Waals surface area contributed by atoms with Crippen LogP contribution >= 0.6 is 0 Å². The third-order valence-corrected chi connectivity index (χ3v) is 6.46. The quantitative estimate of drug-likeness (QED) is 0.702. The van der Waals surface area contributed by atoms with Crippen molar-refractivity contribution < 1.29 is 13.6 Å². The van der Waals surface area contributed by atoms with Crippen LogP contribution in [0, 0.1) is 31.4 Å². The Hall–Kier alpha value is -3.35. The Kier molecular flexibility index (Phi) is 4.50. The van der Waals surface area contributed by atoms with Gasteiger partial charge in [-0.3, -0.25) is 14.6 Å². The summed E-state index contributed by atoms with van der Waals surface area (Å²) in [7, 11) is 0. The van der Waals surface area contributed by atoms with Gasteiger partial charge < -0.3 is 9.88 Å². The molecule has 7 heteroatoms. The molecule has 1 aromatic carbocycles. The molecule has 2 atom stereocenters. The van der Waals surface area contributed by atoms with E-state index in [1.807, 2.05) is 19.3 Å². The topological polar surface area (TPSA) is 66.1 Å². The zero-order chi connectivity index (χ0) is 21.9. The van der Waals surface area contributed by atoms with E-state index >= 15 is 0 Å². The predicted molar refractivity (Wildman–Crippen MR) is 113 cm³/mol. The third kappa shape index (κ3) is 3.15. The van der Waals surface area contributed by atoms with Gasteiger partial charge in [-0.15, -0.1) is 0 Å². The number of likely N-dealkylation sites (tertiary alicyclic amines) is 1. The Labute approximate surface area is 177 Å². The second-order valence-corrected chi connectivity index (χ2v) is 8.44. The van der Waals surface area contributed by atoms with Gasteiger partial charge in [0.05, 0.1) is 18.0 Å². The smallest absolute Gasteiger partial charge is 0.252 e. The van der Waals surface area contributed by atoms with Gasteiger partial charge in [-0.05, 0) is 60.7 Å². The normalized spacial score (nSPS) is 19.9. The maximum absolute atomic E-state index is 14.4. The highest BCUT2D eigenvalue weighted by molar-refractivity contribution is 5.87. The Morgan fingerprint density at radius 2 is 2.06 bits per heavy atom. The maximum atomic E-state index is 14.4. The van der Waals surface area contributed by atoms with E-state index in [1.54, 1.807) is 11.8 Å². The molecule has 5 rings (SSSR count). The number of nitrogens with zero attached hydrogens (tertiary/aromatic N) is 2. The van der Waals surface area contributed by atoms with Gasteiger partial charge in [-0.1, -0.05) is 6.08 Å². The minimum absolute atomic E-state index is 0.0134. The molecule has 1 aliphatic carbocycles. The Morgan fingerprint density at radius 3 is 2.77 bits per heavy atom. The zero-order valence-corrected chi connectivity index (χ0v) is 17.2. The van der Waals surface area contributed by atoms with Crippen molar-refractivity contribution in [2.75, 3.05) is 6.54 Å². The summed E-state index contributed by atoms with van der Waals surface area (Å²) >= 11 is 0. The van der Waals surface area contributed by atoms with Crippen LogP contribution in [0.1, 0.15) is 28.7 Å². The number of carbonyl (C=O) groups is 1. The average Bonchev–Trinajstić information content (AvgIpc) is 3.35. The lowest BCUT2D eigenvalue weighted by atomic mass is 9.95. The van der Waals surface area contributed by atoms with E-state index in [0.717, 1.165) is 23.6 Å². The number of carbonyl (C=O) groups excluding carboxylic acids is 1. The summed E-state index contributed by atoms with van der Waals surface area (Å²) in [4.78, 5) is 34.2. The molecule has 0 spiro atoms. The molecular formula is C24H21F2N3O2. The minimum Gasteiger partial charge on any atom is -0.335 e. The van der Waals surface area contributed by atoms with Crippen LogP contribution in [-0.4, -0.2) is 33.4 Å². The number of H-pyrrole nitrogens is 1. The molecule has 1 saturated heterocycles. The molecule has 0 saturated carbocycles. The number of pyridine rings is 2. The van der Waals surface area contributed by atoms with Gasteiger partial charge >= 0.3 is 0 Å². The molecule has 1 N–H and O–H groups in total. The Bertz CT molecular complexity index is 1330. The molecular weight excluding hydrogens is 400 g/mol. The van der Waals surface area contributed by atoms with Crippen LogP contribution in [0.15, 0.2) is 41.5 Å². The number of aromatic nitrogens is 2. The van der Waals surface area contributed by atoms with E-state index in [1.165, 1.54) is 11.6 Å². The minimum atomic E-state index is -1.01. The van der Waals surface area contributed by atoms with Crippen molar-refractivity contribution in [1.29, 1.82) is 0 Å². The summed E-state index contributed by atoms with van der Waals surface area (Å²) in [6, 6.07) is 4.38. The molecule has 158 valence electrons. The van der Waals surface area contributed by atoms with Crippen molar-refractivity contribution >= 4 is 22.4 Å². The Morgan fingerprint density at radius 1 is 1.26 bits per heavy atom. The molecule has 3 heterocycles. The monoisotopic (exact) mass is 421 g/mol. The highest BCUT2D eigenvalue weighted by atomic mass is 19.2. The van der Waals surface area contributed by atoms with E-state index in [0.29, 0.717) is 12.1 Å². The van der Waals surface area contributed by atoms with Crippen LogP contribution < -0.4 is 5.56 Å². The van der Waals surface area contributed by atoms with Gasteiger partial charge in [0.2, 0.25) is 5.91 Å². The molecule has 3 aromatic rings. The van der Waals surface area contributed by atoms with Crippen LogP contribution in [0.4, 0.5) is 8.78 Å². The first-order chi connectivity index (χ1) is 14.8. The van der Waals surface area contributed by atoms with Crippen LogP contribution in [-0.2, 0) is 11.2 Å². The number of nitrogens with one attached hydrogen (secondary N) is 1. The number of aryl methyl sites for hydroxylation is 2. The molecule has 1 amide bonds. The summed E-state index contributed by atoms with van der Waals surface area (Å²) in [6.07, 6.45) is 6.46. The van der Waals surface area contributed by atoms with Crippen molar-refractivity contribution in [1.82, 2.24) is 14.9 Å². The van der Waals surface area contributed by atoms with E-state index in [2.05, 4.69) is 22.1 Å². The number of halogens is 2. The number of amides is 1. The van der Waals surface area contributed by atoms with Gasteiger partial charge in [0.1, 0.15) is 0 Å². The first-order valence-electron chi connectivity index (χ1n) is 10.3. The van der Waals surface area contributed by atoms with Crippen molar-refractivity contribution in [2.45, 2.75) is 32.7 Å². The van der Waals surface area contributed by atoms with E-state index in [4.69, 9.17) is 0 Å². The summed E-state index contributed by atoms with van der Waals surface area (Å²) in [5.41, 5.74) is 3.63. The number of aromatic amines is 1. The lowest BCUT2D eigenvalue weighted by molar-refractivity contribution is -0.130. The fourth-order valence-electron chi connectivity index (χ4n) is 4.93. The second kappa shape index (κ2) is 7.11. The van der Waals surface area contributed by atoms with Crippen LogP contribution in [0.25, 0.3) is 16.5 Å². The highest BCUT2D eigenvalue weighted by Crippen LogP contribution is 2.42. The number of benzene rings is 1. The highest BCUT2D eigenvalue weighted by Gasteiger charge is 2.41. The molecule has 5 nitrogen and oxygen atoms in total. The lowest BCUT2D eigenvalue weighted by Gasteiger charge is -2.27.